The van der Waals surface area contributed by atoms with E-state index in [1.165, 1.54) is 6.42 Å². The molecule has 1 atom stereocenters. The molecule has 4 nitrogen and oxygen atoms in total. The first-order chi connectivity index (χ1) is 8.15. The summed E-state index contributed by atoms with van der Waals surface area (Å²) in [5.74, 6) is 1.91. The van der Waals surface area contributed by atoms with Crippen molar-refractivity contribution < 1.29 is 9.21 Å². The molecular weight excluding hydrogens is 216 g/mol. The topological polar surface area (TPSA) is 45.5 Å². The van der Waals surface area contributed by atoms with Crippen LogP contribution in [0.2, 0.25) is 0 Å². The van der Waals surface area contributed by atoms with Crippen LogP contribution in [-0.2, 0) is 11.3 Å². The summed E-state index contributed by atoms with van der Waals surface area (Å²) in [7, 11) is 1.83. The molecule has 1 saturated heterocycles. The van der Waals surface area contributed by atoms with Crippen LogP contribution in [0.4, 0.5) is 0 Å². The zero-order valence-electron chi connectivity index (χ0n) is 10.5. The van der Waals surface area contributed by atoms with Crippen molar-refractivity contribution in [1.82, 2.24) is 10.2 Å². The fraction of sp³-hybridized carbons (Fsp3) is 0.615. The molecule has 0 spiro atoms. The number of nitrogens with one attached hydrogen (secondary N) is 1. The zero-order chi connectivity index (χ0) is 12.3. The van der Waals surface area contributed by atoms with E-state index in [0.29, 0.717) is 19.0 Å². The first kappa shape index (κ1) is 12.2. The molecular formula is C13H20N2O2. The van der Waals surface area contributed by atoms with E-state index >= 15 is 0 Å². The highest BCUT2D eigenvalue weighted by atomic mass is 16.3. The quantitative estimate of drug-likeness (QED) is 0.865. The van der Waals surface area contributed by atoms with Crippen LogP contribution < -0.4 is 5.32 Å². The summed E-state index contributed by atoms with van der Waals surface area (Å²) in [5.41, 5.74) is 0. The molecule has 0 aliphatic carbocycles. The Labute approximate surface area is 102 Å². The van der Waals surface area contributed by atoms with Crippen LogP contribution in [-0.4, -0.2) is 30.4 Å². The minimum atomic E-state index is 0.179. The van der Waals surface area contributed by atoms with Gasteiger partial charge in [0, 0.05) is 19.5 Å². The second-order valence-corrected chi connectivity index (χ2v) is 4.76. The summed E-state index contributed by atoms with van der Waals surface area (Å²) >= 11 is 0. The molecule has 1 aliphatic rings. The molecule has 1 aromatic rings. The van der Waals surface area contributed by atoms with Crippen LogP contribution in [0, 0.1) is 6.92 Å². The summed E-state index contributed by atoms with van der Waals surface area (Å²) in [6, 6.07) is 4.21. The second kappa shape index (κ2) is 5.36. The van der Waals surface area contributed by atoms with Crippen molar-refractivity contribution in [3.05, 3.63) is 23.7 Å². The Bertz CT molecular complexity index is 381. The minimum absolute atomic E-state index is 0.179. The maximum Gasteiger partial charge on any atom is 0.224 e. The van der Waals surface area contributed by atoms with Crippen molar-refractivity contribution in [2.75, 3.05) is 13.6 Å². The highest BCUT2D eigenvalue weighted by Gasteiger charge is 2.20. The molecule has 94 valence electrons. The number of rotatable bonds is 4. The third kappa shape index (κ3) is 3.33. The van der Waals surface area contributed by atoms with Gasteiger partial charge < -0.3 is 14.6 Å². The van der Waals surface area contributed by atoms with Crippen LogP contribution in [0.5, 0.6) is 0 Å². The fourth-order valence-corrected chi connectivity index (χ4v) is 2.19. The van der Waals surface area contributed by atoms with E-state index in [-0.39, 0.29) is 5.91 Å². The molecule has 1 aromatic heterocycles. The van der Waals surface area contributed by atoms with E-state index in [4.69, 9.17) is 4.42 Å². The number of hydrogen-bond donors (Lipinski definition) is 1. The minimum Gasteiger partial charge on any atom is -0.464 e. The third-order valence-corrected chi connectivity index (χ3v) is 3.20. The van der Waals surface area contributed by atoms with Crippen molar-refractivity contribution in [1.29, 1.82) is 0 Å². The lowest BCUT2D eigenvalue weighted by molar-refractivity contribution is -0.131. The second-order valence-electron chi connectivity index (χ2n) is 4.76. The van der Waals surface area contributed by atoms with Crippen LogP contribution in [0.3, 0.4) is 0 Å². The number of carbonyl (C=O) groups excluding carboxylic acids is 1. The number of amides is 1. The molecule has 0 aromatic carbocycles. The van der Waals surface area contributed by atoms with E-state index in [1.54, 1.807) is 4.90 Å². The van der Waals surface area contributed by atoms with Crippen LogP contribution in [0.1, 0.15) is 30.8 Å². The van der Waals surface area contributed by atoms with Gasteiger partial charge in [-0.05, 0) is 38.4 Å². The van der Waals surface area contributed by atoms with Gasteiger partial charge in [0.15, 0.2) is 0 Å². The lowest BCUT2D eigenvalue weighted by Gasteiger charge is -2.18. The fourth-order valence-electron chi connectivity index (χ4n) is 2.19. The van der Waals surface area contributed by atoms with E-state index in [1.807, 2.05) is 26.1 Å². The average molecular weight is 236 g/mol. The number of nitrogens with zero attached hydrogens (tertiary/aromatic N) is 1. The molecule has 1 unspecified atom stereocenters. The SMILES string of the molecule is Cc1ccc(CN(C)C(=O)CC2CCCN2)o1. The highest BCUT2D eigenvalue weighted by molar-refractivity contribution is 5.76. The molecule has 4 heteroatoms. The van der Waals surface area contributed by atoms with Crippen LogP contribution >= 0.6 is 0 Å². The molecule has 1 N–H and O–H groups in total. The predicted octanol–water partition coefficient (Wildman–Crippen LogP) is 1.69. The molecule has 1 fully saturated rings. The van der Waals surface area contributed by atoms with Crippen molar-refractivity contribution in [2.24, 2.45) is 0 Å². The van der Waals surface area contributed by atoms with Gasteiger partial charge in [-0.15, -0.1) is 0 Å². The van der Waals surface area contributed by atoms with E-state index < -0.39 is 0 Å². The van der Waals surface area contributed by atoms with E-state index in [0.717, 1.165) is 24.5 Å². The number of furan rings is 1. The first-order valence-corrected chi connectivity index (χ1v) is 6.18. The normalized spacial score (nSPS) is 19.5. The van der Waals surface area contributed by atoms with Gasteiger partial charge in [-0.1, -0.05) is 0 Å². The predicted molar refractivity (Wildman–Crippen MR) is 65.6 cm³/mol. The van der Waals surface area contributed by atoms with Gasteiger partial charge in [0.25, 0.3) is 0 Å². The van der Waals surface area contributed by atoms with Crippen molar-refractivity contribution in [2.45, 2.75) is 38.8 Å². The van der Waals surface area contributed by atoms with Gasteiger partial charge in [-0.2, -0.15) is 0 Å². The van der Waals surface area contributed by atoms with Crippen molar-refractivity contribution in [3.63, 3.8) is 0 Å². The summed E-state index contributed by atoms with van der Waals surface area (Å²) in [6.45, 7) is 3.51. The molecule has 1 amide bonds. The molecule has 1 aliphatic heterocycles. The lowest BCUT2D eigenvalue weighted by atomic mass is 10.1. The summed E-state index contributed by atoms with van der Waals surface area (Å²) in [5, 5.41) is 3.34. The third-order valence-electron chi connectivity index (χ3n) is 3.20. The summed E-state index contributed by atoms with van der Waals surface area (Å²) in [6.07, 6.45) is 2.88. The standard InChI is InChI=1S/C13H20N2O2/c1-10-5-6-12(17-10)9-15(2)13(16)8-11-4-3-7-14-11/h5-6,11,14H,3-4,7-9H2,1-2H3. The Balaban J connectivity index is 1.82. The highest BCUT2D eigenvalue weighted by Crippen LogP contribution is 2.13. The van der Waals surface area contributed by atoms with E-state index in [9.17, 15) is 4.79 Å². The van der Waals surface area contributed by atoms with Gasteiger partial charge in [-0.25, -0.2) is 0 Å². The van der Waals surface area contributed by atoms with Gasteiger partial charge in [0.1, 0.15) is 11.5 Å². The van der Waals surface area contributed by atoms with Crippen molar-refractivity contribution >= 4 is 5.91 Å². The first-order valence-electron chi connectivity index (χ1n) is 6.18. The monoisotopic (exact) mass is 236 g/mol. The molecule has 17 heavy (non-hydrogen) atoms. The number of carbonyl (C=O) groups is 1. The maximum absolute atomic E-state index is 12.0. The molecule has 0 radical (unpaired) electrons. The Morgan fingerprint density at radius 1 is 1.59 bits per heavy atom. The van der Waals surface area contributed by atoms with Crippen LogP contribution in [0.15, 0.2) is 16.5 Å². The zero-order valence-corrected chi connectivity index (χ0v) is 10.5. The molecule has 2 heterocycles. The summed E-state index contributed by atoms with van der Waals surface area (Å²) < 4.78 is 5.46. The average Bonchev–Trinajstić information content (AvgIpc) is 2.90. The summed E-state index contributed by atoms with van der Waals surface area (Å²) in [4.78, 5) is 13.7. The van der Waals surface area contributed by atoms with Crippen LogP contribution in [0.25, 0.3) is 0 Å². The molecule has 0 bridgehead atoms. The Morgan fingerprint density at radius 3 is 3.00 bits per heavy atom. The van der Waals surface area contributed by atoms with Gasteiger partial charge in [0.2, 0.25) is 5.91 Å². The largest absolute Gasteiger partial charge is 0.464 e. The van der Waals surface area contributed by atoms with Gasteiger partial charge in [-0.3, -0.25) is 4.79 Å². The number of hydrogen-bond acceptors (Lipinski definition) is 3. The molecule has 0 saturated carbocycles. The lowest BCUT2D eigenvalue weighted by Crippen LogP contribution is -2.33. The number of aryl methyl sites for hydroxylation is 1. The maximum atomic E-state index is 12.0. The molecule has 2 rings (SSSR count). The van der Waals surface area contributed by atoms with E-state index in [2.05, 4.69) is 5.32 Å². The Hall–Kier alpha value is -1.29. The Kier molecular flexibility index (Phi) is 3.84. The smallest absolute Gasteiger partial charge is 0.224 e. The Morgan fingerprint density at radius 2 is 2.41 bits per heavy atom. The van der Waals surface area contributed by atoms with Gasteiger partial charge in [0.05, 0.1) is 6.54 Å². The van der Waals surface area contributed by atoms with Gasteiger partial charge >= 0.3 is 0 Å². The van der Waals surface area contributed by atoms with Crippen molar-refractivity contribution in [3.8, 4) is 0 Å².